The lowest BCUT2D eigenvalue weighted by molar-refractivity contribution is 0.1000. The Morgan fingerprint density at radius 2 is 1.84 bits per heavy atom. The van der Waals surface area contributed by atoms with Crippen LogP contribution in [0.25, 0.3) is 10.9 Å². The lowest BCUT2D eigenvalue weighted by Crippen LogP contribution is -2.10. The number of aromatic nitrogens is 1. The van der Waals surface area contributed by atoms with Gasteiger partial charge in [0.25, 0.3) is 0 Å². The molecule has 94 valence electrons. The third-order valence-corrected chi connectivity index (χ3v) is 4.01. The minimum atomic E-state index is -0.399. The Kier molecular flexibility index (Phi) is 3.01. The van der Waals surface area contributed by atoms with Crippen molar-refractivity contribution in [3.05, 3.63) is 60.3 Å². The molecular weight excluding hydrogens is 256 g/mol. The van der Waals surface area contributed by atoms with Crippen molar-refractivity contribution in [2.75, 3.05) is 0 Å². The first-order valence-electron chi connectivity index (χ1n) is 5.88. The predicted octanol–water partition coefficient (Wildman–Crippen LogP) is 3.42. The number of benzene rings is 2. The molecule has 0 radical (unpaired) electrons. The minimum absolute atomic E-state index is 0.399. The minimum Gasteiger partial charge on any atom is -0.366 e. The summed E-state index contributed by atoms with van der Waals surface area (Å²) in [5.41, 5.74) is 6.88. The maximum atomic E-state index is 11.0. The average Bonchev–Trinajstić information content (AvgIpc) is 2.89. The predicted molar refractivity (Wildman–Crippen MR) is 77.4 cm³/mol. The Morgan fingerprint density at radius 3 is 2.58 bits per heavy atom. The van der Waals surface area contributed by atoms with Gasteiger partial charge in [0.05, 0.1) is 0 Å². The summed E-state index contributed by atoms with van der Waals surface area (Å²) in [6.45, 7) is 0. The highest BCUT2D eigenvalue weighted by molar-refractivity contribution is 7.99. The lowest BCUT2D eigenvalue weighted by atomic mass is 10.2. The number of carbonyl (C=O) groups excluding carboxylic acids is 1. The fraction of sp³-hybridized carbons (Fsp3) is 0. The van der Waals surface area contributed by atoms with E-state index in [1.807, 2.05) is 24.4 Å². The van der Waals surface area contributed by atoms with Gasteiger partial charge in [0.1, 0.15) is 0 Å². The maximum absolute atomic E-state index is 11.0. The molecule has 0 atom stereocenters. The summed E-state index contributed by atoms with van der Waals surface area (Å²) in [5, 5.41) is 1.20. The van der Waals surface area contributed by atoms with E-state index in [2.05, 4.69) is 23.2 Å². The van der Waals surface area contributed by atoms with E-state index < -0.39 is 5.91 Å². The largest absolute Gasteiger partial charge is 0.366 e. The SMILES string of the molecule is NC(=O)c1ccc(Sc2cccc3[nH]ccc23)cc1. The zero-order chi connectivity index (χ0) is 13.2. The molecule has 0 aliphatic heterocycles. The van der Waals surface area contributed by atoms with Gasteiger partial charge in [-0.3, -0.25) is 4.79 Å². The normalized spacial score (nSPS) is 10.7. The molecule has 3 rings (SSSR count). The number of H-pyrrole nitrogens is 1. The van der Waals surface area contributed by atoms with Crippen LogP contribution in [0.5, 0.6) is 0 Å². The molecule has 19 heavy (non-hydrogen) atoms. The number of nitrogens with one attached hydrogen (secondary N) is 1. The number of primary amides is 1. The number of amides is 1. The molecule has 0 saturated carbocycles. The highest BCUT2D eigenvalue weighted by Crippen LogP contribution is 2.33. The smallest absolute Gasteiger partial charge is 0.248 e. The molecule has 0 spiro atoms. The second-order valence-electron chi connectivity index (χ2n) is 4.19. The molecule has 3 N–H and O–H groups in total. The fourth-order valence-electron chi connectivity index (χ4n) is 1.96. The summed E-state index contributed by atoms with van der Waals surface area (Å²) in [5.74, 6) is -0.399. The highest BCUT2D eigenvalue weighted by atomic mass is 32.2. The van der Waals surface area contributed by atoms with Crippen LogP contribution >= 0.6 is 11.8 Å². The van der Waals surface area contributed by atoms with Gasteiger partial charge in [-0.1, -0.05) is 17.8 Å². The van der Waals surface area contributed by atoms with Gasteiger partial charge in [0, 0.05) is 32.5 Å². The van der Waals surface area contributed by atoms with E-state index in [9.17, 15) is 4.79 Å². The van der Waals surface area contributed by atoms with Gasteiger partial charge in [-0.25, -0.2) is 0 Å². The third-order valence-electron chi connectivity index (χ3n) is 2.92. The lowest BCUT2D eigenvalue weighted by Gasteiger charge is -2.04. The fourth-order valence-corrected chi connectivity index (χ4v) is 2.92. The van der Waals surface area contributed by atoms with E-state index >= 15 is 0 Å². The first-order chi connectivity index (χ1) is 9.24. The van der Waals surface area contributed by atoms with Gasteiger partial charge in [-0.05, 0) is 42.5 Å². The molecule has 0 aliphatic rings. The monoisotopic (exact) mass is 268 g/mol. The van der Waals surface area contributed by atoms with Crippen LogP contribution in [0.4, 0.5) is 0 Å². The quantitative estimate of drug-likeness (QED) is 0.764. The van der Waals surface area contributed by atoms with Crippen molar-refractivity contribution in [2.45, 2.75) is 9.79 Å². The molecule has 1 amide bonds. The molecule has 0 fully saturated rings. The van der Waals surface area contributed by atoms with Crippen LogP contribution in [0.1, 0.15) is 10.4 Å². The van der Waals surface area contributed by atoms with E-state index in [4.69, 9.17) is 5.73 Å². The number of hydrogen-bond donors (Lipinski definition) is 2. The van der Waals surface area contributed by atoms with E-state index in [-0.39, 0.29) is 0 Å². The van der Waals surface area contributed by atoms with E-state index in [0.29, 0.717) is 5.56 Å². The standard InChI is InChI=1S/C15H12N2OS/c16-15(18)10-4-6-11(7-5-10)19-14-3-1-2-13-12(14)8-9-17-13/h1-9,17H,(H2,16,18). The van der Waals surface area contributed by atoms with Crippen molar-refractivity contribution >= 4 is 28.6 Å². The zero-order valence-electron chi connectivity index (χ0n) is 10.1. The number of hydrogen-bond acceptors (Lipinski definition) is 2. The first-order valence-corrected chi connectivity index (χ1v) is 6.69. The maximum Gasteiger partial charge on any atom is 0.248 e. The summed E-state index contributed by atoms with van der Waals surface area (Å²) in [4.78, 5) is 16.5. The Bertz CT molecular complexity index is 731. The topological polar surface area (TPSA) is 58.9 Å². The Balaban J connectivity index is 1.92. The van der Waals surface area contributed by atoms with Crippen LogP contribution in [-0.2, 0) is 0 Å². The summed E-state index contributed by atoms with van der Waals surface area (Å²) in [6, 6.07) is 15.6. The molecule has 2 aromatic carbocycles. The van der Waals surface area contributed by atoms with Gasteiger partial charge in [0.15, 0.2) is 0 Å². The summed E-state index contributed by atoms with van der Waals surface area (Å²) < 4.78 is 0. The molecule has 0 saturated heterocycles. The highest BCUT2D eigenvalue weighted by Gasteiger charge is 2.05. The molecule has 0 aliphatic carbocycles. The Morgan fingerprint density at radius 1 is 1.05 bits per heavy atom. The molecule has 0 bridgehead atoms. The number of aromatic amines is 1. The number of fused-ring (bicyclic) bond motifs is 1. The van der Waals surface area contributed by atoms with Crippen LogP contribution in [-0.4, -0.2) is 10.9 Å². The number of rotatable bonds is 3. The van der Waals surface area contributed by atoms with Gasteiger partial charge < -0.3 is 10.7 Å². The van der Waals surface area contributed by atoms with Gasteiger partial charge in [-0.2, -0.15) is 0 Å². The van der Waals surface area contributed by atoms with Crippen molar-refractivity contribution in [3.63, 3.8) is 0 Å². The van der Waals surface area contributed by atoms with Crippen molar-refractivity contribution in [3.8, 4) is 0 Å². The summed E-state index contributed by atoms with van der Waals surface area (Å²) >= 11 is 1.67. The van der Waals surface area contributed by atoms with Crippen LogP contribution < -0.4 is 5.73 Å². The first kappa shape index (κ1) is 11.9. The summed E-state index contributed by atoms with van der Waals surface area (Å²) in [6.07, 6.45) is 1.94. The van der Waals surface area contributed by atoms with Crippen molar-refractivity contribution < 1.29 is 4.79 Å². The molecule has 1 aromatic heterocycles. The van der Waals surface area contributed by atoms with Crippen molar-refractivity contribution in [1.29, 1.82) is 0 Å². The van der Waals surface area contributed by atoms with E-state index in [1.54, 1.807) is 23.9 Å². The van der Waals surface area contributed by atoms with E-state index in [0.717, 1.165) is 10.4 Å². The Labute approximate surface area is 114 Å². The molecular formula is C15H12N2OS. The third kappa shape index (κ3) is 2.35. The van der Waals surface area contributed by atoms with E-state index in [1.165, 1.54) is 10.3 Å². The van der Waals surface area contributed by atoms with Gasteiger partial charge in [0.2, 0.25) is 5.91 Å². The van der Waals surface area contributed by atoms with Gasteiger partial charge >= 0.3 is 0 Å². The molecule has 3 aromatic rings. The number of carbonyl (C=O) groups is 1. The van der Waals surface area contributed by atoms with Crippen LogP contribution in [0.3, 0.4) is 0 Å². The zero-order valence-corrected chi connectivity index (χ0v) is 10.9. The second kappa shape index (κ2) is 4.82. The molecule has 3 nitrogen and oxygen atoms in total. The molecule has 0 unspecified atom stereocenters. The van der Waals surface area contributed by atoms with Crippen LogP contribution in [0.2, 0.25) is 0 Å². The van der Waals surface area contributed by atoms with Gasteiger partial charge in [-0.15, -0.1) is 0 Å². The van der Waals surface area contributed by atoms with Crippen LogP contribution in [0, 0.1) is 0 Å². The summed E-state index contributed by atoms with van der Waals surface area (Å²) in [7, 11) is 0. The molecule has 4 heteroatoms. The average molecular weight is 268 g/mol. The van der Waals surface area contributed by atoms with Crippen molar-refractivity contribution in [1.82, 2.24) is 4.98 Å². The Hall–Kier alpha value is -2.20. The number of nitrogens with two attached hydrogens (primary N) is 1. The van der Waals surface area contributed by atoms with Crippen molar-refractivity contribution in [2.24, 2.45) is 5.73 Å². The molecule has 1 heterocycles. The second-order valence-corrected chi connectivity index (χ2v) is 5.30. The van der Waals surface area contributed by atoms with Crippen LogP contribution in [0.15, 0.2) is 64.5 Å².